The first-order chi connectivity index (χ1) is 11.3. The van der Waals surface area contributed by atoms with Gasteiger partial charge in [-0.25, -0.2) is 0 Å². The summed E-state index contributed by atoms with van der Waals surface area (Å²) >= 11 is 0. The van der Waals surface area contributed by atoms with E-state index >= 15 is 0 Å². The quantitative estimate of drug-likeness (QED) is 0.842. The second-order valence-corrected chi connectivity index (χ2v) is 7.04. The topological polar surface area (TPSA) is 58.6 Å². The summed E-state index contributed by atoms with van der Waals surface area (Å²) in [5, 5.41) is 2.84. The summed E-state index contributed by atoms with van der Waals surface area (Å²) in [5.41, 5.74) is -0.424. The average Bonchev–Trinajstić information content (AvgIpc) is 2.56. The van der Waals surface area contributed by atoms with Gasteiger partial charge in [-0.2, -0.15) is 0 Å². The molecule has 5 nitrogen and oxygen atoms in total. The third kappa shape index (κ3) is 4.28. The van der Waals surface area contributed by atoms with Crippen molar-refractivity contribution in [1.82, 2.24) is 4.90 Å². The van der Waals surface area contributed by atoms with E-state index in [0.717, 1.165) is 31.7 Å². The maximum Gasteiger partial charge on any atom is 0.239 e. The van der Waals surface area contributed by atoms with Gasteiger partial charge in [0.1, 0.15) is 11.2 Å². The van der Waals surface area contributed by atoms with E-state index in [1.807, 2.05) is 11.8 Å². The second kappa shape index (κ2) is 7.69. The van der Waals surface area contributed by atoms with Crippen molar-refractivity contribution < 1.29 is 14.3 Å². The zero-order valence-electron chi connectivity index (χ0n) is 15.1. The van der Waals surface area contributed by atoms with Crippen LogP contribution in [0.5, 0.6) is 5.75 Å². The van der Waals surface area contributed by atoms with Gasteiger partial charge < -0.3 is 15.0 Å². The fraction of sp³-hybridized carbons (Fsp3) is 0.579. The molecule has 1 saturated heterocycles. The van der Waals surface area contributed by atoms with Crippen LogP contribution in [0, 0.1) is 11.3 Å². The Balaban J connectivity index is 2.02. The van der Waals surface area contributed by atoms with Crippen molar-refractivity contribution in [3.8, 4) is 5.75 Å². The molecule has 132 valence electrons. The summed E-state index contributed by atoms with van der Waals surface area (Å²) < 4.78 is 5.39. The molecule has 1 aromatic carbocycles. The average molecular weight is 332 g/mol. The maximum atomic E-state index is 12.8. The number of anilines is 1. The van der Waals surface area contributed by atoms with Gasteiger partial charge in [-0.3, -0.25) is 9.59 Å². The maximum absolute atomic E-state index is 12.8. The minimum absolute atomic E-state index is 0.0995. The summed E-state index contributed by atoms with van der Waals surface area (Å²) in [4.78, 5) is 27.2. The number of nitrogens with one attached hydrogen (secondary N) is 1. The molecule has 1 N–H and O–H groups in total. The van der Waals surface area contributed by atoms with Gasteiger partial charge in [0, 0.05) is 18.8 Å². The van der Waals surface area contributed by atoms with Crippen LogP contribution in [0.1, 0.15) is 40.5 Å². The SMILES string of the molecule is CCOc1ccc(NC(=O)C(C)(C)C(=O)N2CCCC(C)C2)cc1. The molecule has 1 aliphatic rings. The van der Waals surface area contributed by atoms with Crippen LogP contribution in [0.15, 0.2) is 24.3 Å². The lowest BCUT2D eigenvalue weighted by Crippen LogP contribution is -2.50. The molecule has 1 fully saturated rings. The van der Waals surface area contributed by atoms with Gasteiger partial charge in [0.25, 0.3) is 0 Å². The Morgan fingerprint density at radius 2 is 1.96 bits per heavy atom. The number of ether oxygens (including phenoxy) is 1. The number of hydrogen-bond acceptors (Lipinski definition) is 3. The first-order valence-corrected chi connectivity index (χ1v) is 8.68. The zero-order chi connectivity index (χ0) is 17.7. The lowest BCUT2D eigenvalue weighted by molar-refractivity contribution is -0.147. The Morgan fingerprint density at radius 1 is 1.29 bits per heavy atom. The molecule has 2 amide bonds. The van der Waals surface area contributed by atoms with E-state index in [2.05, 4.69) is 12.2 Å². The van der Waals surface area contributed by atoms with E-state index < -0.39 is 5.41 Å². The first-order valence-electron chi connectivity index (χ1n) is 8.68. The lowest BCUT2D eigenvalue weighted by atomic mass is 9.88. The number of likely N-dealkylation sites (tertiary alicyclic amines) is 1. The molecule has 0 spiro atoms. The monoisotopic (exact) mass is 332 g/mol. The van der Waals surface area contributed by atoms with Crippen LogP contribution in [-0.4, -0.2) is 36.4 Å². The normalized spacial score (nSPS) is 18.2. The van der Waals surface area contributed by atoms with E-state index in [1.165, 1.54) is 0 Å². The number of carbonyl (C=O) groups excluding carboxylic acids is 2. The highest BCUT2D eigenvalue weighted by atomic mass is 16.5. The molecule has 0 bridgehead atoms. The molecule has 0 saturated carbocycles. The van der Waals surface area contributed by atoms with Crippen LogP contribution < -0.4 is 10.1 Å². The summed E-state index contributed by atoms with van der Waals surface area (Å²) in [6.07, 6.45) is 2.14. The first kappa shape index (κ1) is 18.3. The van der Waals surface area contributed by atoms with E-state index in [-0.39, 0.29) is 11.8 Å². The lowest BCUT2D eigenvalue weighted by Gasteiger charge is -2.36. The molecule has 0 radical (unpaired) electrons. The molecule has 2 rings (SSSR count). The molecule has 24 heavy (non-hydrogen) atoms. The van der Waals surface area contributed by atoms with E-state index in [0.29, 0.717) is 18.2 Å². The van der Waals surface area contributed by atoms with E-state index in [1.54, 1.807) is 38.1 Å². The third-order valence-electron chi connectivity index (χ3n) is 4.47. The molecule has 0 aliphatic carbocycles. The van der Waals surface area contributed by atoms with Crippen molar-refractivity contribution in [1.29, 1.82) is 0 Å². The standard InChI is InChI=1S/C19H28N2O3/c1-5-24-16-10-8-15(9-11-16)20-17(22)19(3,4)18(23)21-12-6-7-14(2)13-21/h8-11,14H,5-7,12-13H2,1-4H3,(H,20,22). The van der Waals surface area contributed by atoms with Gasteiger partial charge in [0.2, 0.25) is 11.8 Å². The van der Waals surface area contributed by atoms with Crippen LogP contribution in [-0.2, 0) is 9.59 Å². The minimum atomic E-state index is -1.09. The number of rotatable bonds is 5. The molecular weight excluding hydrogens is 304 g/mol. The number of piperidine rings is 1. The zero-order valence-corrected chi connectivity index (χ0v) is 15.1. The largest absolute Gasteiger partial charge is 0.494 e. The molecule has 0 aromatic heterocycles. The van der Waals surface area contributed by atoms with Crippen molar-refractivity contribution in [2.45, 2.75) is 40.5 Å². The van der Waals surface area contributed by atoms with Crippen LogP contribution in [0.4, 0.5) is 5.69 Å². The van der Waals surface area contributed by atoms with E-state index in [4.69, 9.17) is 4.74 Å². The summed E-state index contributed by atoms with van der Waals surface area (Å²) in [6, 6.07) is 7.18. The van der Waals surface area contributed by atoms with Crippen LogP contribution >= 0.6 is 0 Å². The smallest absolute Gasteiger partial charge is 0.239 e. The minimum Gasteiger partial charge on any atom is -0.494 e. The Bertz CT molecular complexity index is 581. The van der Waals surface area contributed by atoms with Gasteiger partial charge in [-0.1, -0.05) is 6.92 Å². The molecule has 1 aromatic rings. The van der Waals surface area contributed by atoms with Gasteiger partial charge in [-0.05, 0) is 63.8 Å². The van der Waals surface area contributed by atoms with Crippen molar-refractivity contribution in [3.05, 3.63) is 24.3 Å². The molecular formula is C19H28N2O3. The van der Waals surface area contributed by atoms with Gasteiger partial charge in [-0.15, -0.1) is 0 Å². The van der Waals surface area contributed by atoms with Gasteiger partial charge in [0.15, 0.2) is 0 Å². The molecule has 1 atom stereocenters. The highest BCUT2D eigenvalue weighted by molar-refractivity contribution is 6.09. The second-order valence-electron chi connectivity index (χ2n) is 7.04. The summed E-state index contributed by atoms with van der Waals surface area (Å²) in [5.74, 6) is 0.869. The van der Waals surface area contributed by atoms with Crippen molar-refractivity contribution >= 4 is 17.5 Å². The summed E-state index contributed by atoms with van der Waals surface area (Å²) in [6.45, 7) is 9.53. The Hall–Kier alpha value is -2.04. The Kier molecular flexibility index (Phi) is 5.86. The predicted octanol–water partition coefficient (Wildman–Crippen LogP) is 3.31. The fourth-order valence-corrected chi connectivity index (χ4v) is 2.95. The van der Waals surface area contributed by atoms with Crippen LogP contribution in [0.2, 0.25) is 0 Å². The third-order valence-corrected chi connectivity index (χ3v) is 4.47. The van der Waals surface area contributed by atoms with Crippen molar-refractivity contribution in [3.63, 3.8) is 0 Å². The van der Waals surface area contributed by atoms with Crippen molar-refractivity contribution in [2.75, 3.05) is 25.0 Å². The summed E-state index contributed by atoms with van der Waals surface area (Å²) in [7, 11) is 0. The predicted molar refractivity (Wildman–Crippen MR) is 95.0 cm³/mol. The fourth-order valence-electron chi connectivity index (χ4n) is 2.95. The van der Waals surface area contributed by atoms with Crippen LogP contribution in [0.25, 0.3) is 0 Å². The van der Waals surface area contributed by atoms with Gasteiger partial charge in [0.05, 0.1) is 6.61 Å². The number of hydrogen-bond donors (Lipinski definition) is 1. The van der Waals surface area contributed by atoms with E-state index in [9.17, 15) is 9.59 Å². The molecule has 1 unspecified atom stereocenters. The molecule has 1 heterocycles. The Morgan fingerprint density at radius 3 is 2.54 bits per heavy atom. The van der Waals surface area contributed by atoms with Crippen LogP contribution in [0.3, 0.4) is 0 Å². The Labute approximate surface area is 144 Å². The molecule has 5 heteroatoms. The highest BCUT2D eigenvalue weighted by Gasteiger charge is 2.40. The number of benzene rings is 1. The number of carbonyl (C=O) groups is 2. The highest BCUT2D eigenvalue weighted by Crippen LogP contribution is 2.26. The number of amides is 2. The molecule has 1 aliphatic heterocycles. The number of nitrogens with zero attached hydrogens (tertiary/aromatic N) is 1. The van der Waals surface area contributed by atoms with Crippen molar-refractivity contribution in [2.24, 2.45) is 11.3 Å². The van der Waals surface area contributed by atoms with Gasteiger partial charge >= 0.3 is 0 Å².